The number of ether oxygens (including phenoxy) is 2. The molecule has 3 unspecified atom stereocenters. The van der Waals surface area contributed by atoms with E-state index in [0.717, 1.165) is 44.9 Å². The fourth-order valence-electron chi connectivity index (χ4n) is 7.55. The van der Waals surface area contributed by atoms with Crippen molar-refractivity contribution in [1.29, 1.82) is 0 Å². The number of fused-ring (bicyclic) bond motifs is 6. The molecular weight excluding hydrogens is 492 g/mol. The minimum atomic E-state index is -1.08. The molecule has 3 heteroatoms. The van der Waals surface area contributed by atoms with E-state index in [2.05, 4.69) is 72.8 Å². The van der Waals surface area contributed by atoms with Crippen molar-refractivity contribution in [2.24, 2.45) is 5.41 Å². The van der Waals surface area contributed by atoms with Gasteiger partial charge in [-0.25, -0.2) is 0 Å². The Bertz CT molecular complexity index is 1820. The van der Waals surface area contributed by atoms with Crippen LogP contribution in [0.4, 0.5) is 0 Å². The highest BCUT2D eigenvalue weighted by molar-refractivity contribution is 6.19. The summed E-state index contributed by atoms with van der Waals surface area (Å²) in [5.41, 5.74) is 5.86. The van der Waals surface area contributed by atoms with Gasteiger partial charge in [0, 0.05) is 33.7 Å². The number of hydrogen-bond donors (Lipinski definition) is 0. The zero-order valence-corrected chi connectivity index (χ0v) is 22.0. The van der Waals surface area contributed by atoms with Gasteiger partial charge in [-0.2, -0.15) is 0 Å². The van der Waals surface area contributed by atoms with Crippen LogP contribution in [-0.2, 0) is 10.3 Å². The lowest BCUT2D eigenvalue weighted by atomic mass is 9.60. The van der Waals surface area contributed by atoms with E-state index < -0.39 is 11.0 Å². The molecule has 0 radical (unpaired) electrons. The van der Waals surface area contributed by atoms with E-state index >= 15 is 4.79 Å². The largest absolute Gasteiger partial charge is 0.497 e. The molecule has 0 amide bonds. The quantitative estimate of drug-likeness (QED) is 0.222. The molecule has 0 N–H and O–H groups in total. The smallest absolute Gasteiger partial charge is 0.179 e. The van der Waals surface area contributed by atoms with Crippen LogP contribution < -0.4 is 4.74 Å². The fourth-order valence-corrected chi connectivity index (χ4v) is 7.55. The lowest BCUT2D eigenvalue weighted by Gasteiger charge is -2.41. The molecule has 0 saturated carbocycles. The molecule has 40 heavy (non-hydrogen) atoms. The first-order chi connectivity index (χ1) is 19.7. The highest BCUT2D eigenvalue weighted by Crippen LogP contribution is 2.78. The Morgan fingerprint density at radius 2 is 1.32 bits per heavy atom. The van der Waals surface area contributed by atoms with Crippen LogP contribution in [0.15, 0.2) is 133 Å². The summed E-state index contributed by atoms with van der Waals surface area (Å²) in [5.74, 6) is 1.40. The molecule has 3 nitrogen and oxygen atoms in total. The maximum atomic E-state index is 15.4. The van der Waals surface area contributed by atoms with E-state index in [0.29, 0.717) is 5.56 Å². The number of methoxy groups -OCH3 is 1. The fraction of sp³-hybridized carbons (Fsp3) is 0.108. The number of Topliss-reactive ketones (excluding diaryl/α,β-unsaturated/α-hetero) is 1. The topological polar surface area (TPSA) is 35.5 Å². The first kappa shape index (κ1) is 23.0. The van der Waals surface area contributed by atoms with E-state index in [-0.39, 0.29) is 11.7 Å². The van der Waals surface area contributed by atoms with Crippen molar-refractivity contribution in [3.05, 3.63) is 172 Å². The van der Waals surface area contributed by atoms with Gasteiger partial charge in [-0.3, -0.25) is 4.79 Å². The molecule has 8 rings (SSSR count). The SMILES string of the molecule is COc1ccc(C23OC(c4ccccc4)=C4c5ccccc5C(c5ccccc52)C43C(=O)c2ccccc2)cc1. The zero-order valence-electron chi connectivity index (χ0n) is 22.0. The Kier molecular flexibility index (Phi) is 4.78. The molecule has 0 spiro atoms. The number of carbonyl (C=O) groups is 1. The monoisotopic (exact) mass is 518 g/mol. The van der Waals surface area contributed by atoms with Gasteiger partial charge in [-0.05, 0) is 28.8 Å². The minimum Gasteiger partial charge on any atom is -0.497 e. The van der Waals surface area contributed by atoms with Gasteiger partial charge in [-0.15, -0.1) is 0 Å². The molecule has 3 atom stereocenters. The zero-order chi connectivity index (χ0) is 26.9. The van der Waals surface area contributed by atoms with Gasteiger partial charge in [0.2, 0.25) is 0 Å². The van der Waals surface area contributed by atoms with Crippen molar-refractivity contribution in [2.45, 2.75) is 11.5 Å². The van der Waals surface area contributed by atoms with Gasteiger partial charge in [0.15, 0.2) is 11.4 Å². The van der Waals surface area contributed by atoms with Crippen LogP contribution in [-0.4, -0.2) is 12.9 Å². The van der Waals surface area contributed by atoms with Crippen LogP contribution in [0.2, 0.25) is 0 Å². The van der Waals surface area contributed by atoms with Gasteiger partial charge < -0.3 is 9.47 Å². The standard InChI is InChI=1S/C37H26O3/c1-39-27-22-20-26(21-23-27)37-31-19-11-10-18-30(31)32-28-16-8-9-17-29(28)33(34(40-37)24-12-4-2-5-13-24)36(32,37)35(38)25-14-6-3-7-15-25/h2-23,32H,1H3. The van der Waals surface area contributed by atoms with Crippen LogP contribution in [0.25, 0.3) is 11.3 Å². The Hall–Kier alpha value is -4.89. The van der Waals surface area contributed by atoms with E-state index in [4.69, 9.17) is 9.47 Å². The molecule has 5 aromatic carbocycles. The summed E-state index contributed by atoms with van der Waals surface area (Å²) < 4.78 is 12.9. The maximum absolute atomic E-state index is 15.4. The first-order valence-electron chi connectivity index (χ1n) is 13.6. The Labute approximate surface area is 233 Å². The summed E-state index contributed by atoms with van der Waals surface area (Å²) in [5, 5.41) is 0. The molecule has 0 bridgehead atoms. The summed E-state index contributed by atoms with van der Waals surface area (Å²) in [4.78, 5) is 15.4. The average Bonchev–Trinajstić information content (AvgIpc) is 3.61. The summed E-state index contributed by atoms with van der Waals surface area (Å²) >= 11 is 0. The molecule has 192 valence electrons. The van der Waals surface area contributed by atoms with Crippen molar-refractivity contribution in [3.63, 3.8) is 0 Å². The molecule has 5 aromatic rings. The van der Waals surface area contributed by atoms with Gasteiger partial charge in [0.05, 0.1) is 7.11 Å². The number of rotatable bonds is 5. The van der Waals surface area contributed by atoms with Crippen molar-refractivity contribution in [2.75, 3.05) is 7.11 Å². The molecule has 0 aromatic heterocycles. The predicted molar refractivity (Wildman–Crippen MR) is 156 cm³/mol. The summed E-state index contributed by atoms with van der Waals surface area (Å²) in [6.45, 7) is 0. The van der Waals surface area contributed by atoms with Crippen LogP contribution in [0, 0.1) is 5.41 Å². The number of hydrogen-bond acceptors (Lipinski definition) is 3. The second-order valence-corrected chi connectivity index (χ2v) is 10.7. The van der Waals surface area contributed by atoms with Gasteiger partial charge in [-0.1, -0.05) is 121 Å². The second kappa shape index (κ2) is 8.30. The third kappa shape index (κ3) is 2.67. The molecule has 1 aliphatic heterocycles. The van der Waals surface area contributed by atoms with Gasteiger partial charge >= 0.3 is 0 Å². The molecule has 0 saturated heterocycles. The van der Waals surface area contributed by atoms with Crippen LogP contribution in [0.5, 0.6) is 5.75 Å². The number of benzene rings is 5. The Morgan fingerprint density at radius 3 is 2.05 bits per heavy atom. The number of ketones is 1. The molecular formula is C37H26O3. The maximum Gasteiger partial charge on any atom is 0.179 e. The normalized spacial score (nSPS) is 23.3. The highest BCUT2D eigenvalue weighted by atomic mass is 16.5. The van der Waals surface area contributed by atoms with Crippen molar-refractivity contribution >= 4 is 17.1 Å². The lowest BCUT2D eigenvalue weighted by Crippen LogP contribution is -2.48. The summed E-state index contributed by atoms with van der Waals surface area (Å²) in [6.07, 6.45) is 0. The van der Waals surface area contributed by atoms with E-state index in [1.165, 1.54) is 5.56 Å². The summed E-state index contributed by atoms with van der Waals surface area (Å²) in [7, 11) is 1.67. The molecule has 1 heterocycles. The Morgan fingerprint density at radius 1 is 0.700 bits per heavy atom. The lowest BCUT2D eigenvalue weighted by molar-refractivity contribution is 0.0154. The average molecular weight is 519 g/mol. The van der Waals surface area contributed by atoms with Gasteiger partial charge in [0.25, 0.3) is 0 Å². The van der Waals surface area contributed by atoms with E-state index in [1.807, 2.05) is 60.7 Å². The van der Waals surface area contributed by atoms with Crippen molar-refractivity contribution in [3.8, 4) is 5.75 Å². The molecule has 0 fully saturated rings. The predicted octanol–water partition coefficient (Wildman–Crippen LogP) is 7.87. The van der Waals surface area contributed by atoms with Crippen LogP contribution in [0.1, 0.15) is 49.7 Å². The third-order valence-corrected chi connectivity index (χ3v) is 8.98. The van der Waals surface area contributed by atoms with Crippen molar-refractivity contribution in [1.82, 2.24) is 0 Å². The molecule has 3 aliphatic rings. The van der Waals surface area contributed by atoms with Crippen molar-refractivity contribution < 1.29 is 14.3 Å². The van der Waals surface area contributed by atoms with E-state index in [9.17, 15) is 0 Å². The summed E-state index contributed by atoms with van der Waals surface area (Å²) in [6, 6.07) is 44.9. The van der Waals surface area contributed by atoms with Crippen LogP contribution >= 0.6 is 0 Å². The molecule has 2 aliphatic carbocycles. The minimum absolute atomic E-state index is 0.0715. The highest BCUT2D eigenvalue weighted by Gasteiger charge is 2.77. The van der Waals surface area contributed by atoms with E-state index in [1.54, 1.807) is 7.11 Å². The second-order valence-electron chi connectivity index (χ2n) is 10.7. The Balaban J connectivity index is 1.56. The first-order valence-corrected chi connectivity index (χ1v) is 13.6. The van der Waals surface area contributed by atoms with Gasteiger partial charge in [0.1, 0.15) is 16.9 Å². The third-order valence-electron chi connectivity index (χ3n) is 8.98. The number of carbonyl (C=O) groups excluding carboxylic acids is 1. The van der Waals surface area contributed by atoms with Crippen LogP contribution in [0.3, 0.4) is 0 Å².